The Kier molecular flexibility index (Phi) is 2.95. The van der Waals surface area contributed by atoms with Gasteiger partial charge in [-0.3, -0.25) is 4.68 Å². The fourth-order valence-electron chi connectivity index (χ4n) is 1.76. The molecule has 4 N–H and O–H groups in total. The maximum absolute atomic E-state index is 5.65. The van der Waals surface area contributed by atoms with Crippen LogP contribution in [0.2, 0.25) is 0 Å². The molecule has 0 aliphatic carbocycles. The van der Waals surface area contributed by atoms with Crippen LogP contribution in [0.5, 0.6) is 0 Å². The molecule has 0 spiro atoms. The van der Waals surface area contributed by atoms with E-state index in [0.717, 1.165) is 29.9 Å². The number of nitrogen functional groups attached to an aromatic ring is 2. The fraction of sp³-hybridized carbons (Fsp3) is 0.364. The highest BCUT2D eigenvalue weighted by Crippen LogP contribution is 2.23. The van der Waals surface area contributed by atoms with Crippen molar-refractivity contribution in [1.29, 1.82) is 0 Å². The smallest absolute Gasteiger partial charge is 0.222 e. The summed E-state index contributed by atoms with van der Waals surface area (Å²) < 4.78 is 1.95. The molecule has 0 bridgehead atoms. The van der Waals surface area contributed by atoms with Gasteiger partial charge in [0.25, 0.3) is 0 Å². The van der Waals surface area contributed by atoms with Gasteiger partial charge in [-0.15, -0.1) is 0 Å². The van der Waals surface area contributed by atoms with E-state index >= 15 is 0 Å². The topological polar surface area (TPSA) is 95.6 Å². The summed E-state index contributed by atoms with van der Waals surface area (Å²) in [6, 6.07) is 1.71. The van der Waals surface area contributed by atoms with Gasteiger partial charge in [0, 0.05) is 23.9 Å². The molecule has 2 rings (SSSR count). The van der Waals surface area contributed by atoms with Crippen LogP contribution in [0, 0.1) is 6.92 Å². The molecule has 0 radical (unpaired) electrons. The molecule has 2 heterocycles. The average molecular weight is 232 g/mol. The number of hydrogen-bond donors (Lipinski definition) is 2. The summed E-state index contributed by atoms with van der Waals surface area (Å²) in [5, 5.41) is 4.32. The maximum atomic E-state index is 5.65. The van der Waals surface area contributed by atoms with Crippen molar-refractivity contribution in [1.82, 2.24) is 19.7 Å². The van der Waals surface area contributed by atoms with Gasteiger partial charge < -0.3 is 11.5 Å². The molecule has 0 aliphatic rings. The number of aryl methyl sites for hydroxylation is 1. The molecular weight excluding hydrogens is 216 g/mol. The molecule has 0 saturated heterocycles. The van der Waals surface area contributed by atoms with E-state index in [1.165, 1.54) is 0 Å². The third-order valence-electron chi connectivity index (χ3n) is 2.58. The molecule has 6 heteroatoms. The van der Waals surface area contributed by atoms with Crippen LogP contribution >= 0.6 is 0 Å². The lowest BCUT2D eigenvalue weighted by Gasteiger charge is -2.04. The summed E-state index contributed by atoms with van der Waals surface area (Å²) >= 11 is 0. The fourth-order valence-corrected chi connectivity index (χ4v) is 1.76. The molecule has 90 valence electrons. The normalized spacial score (nSPS) is 10.7. The predicted molar refractivity (Wildman–Crippen MR) is 67.1 cm³/mol. The molecule has 0 fully saturated rings. The molecule has 6 nitrogen and oxygen atoms in total. The first kappa shape index (κ1) is 11.4. The number of hydrogen-bond acceptors (Lipinski definition) is 5. The first-order chi connectivity index (χ1) is 8.11. The van der Waals surface area contributed by atoms with Gasteiger partial charge in [0.15, 0.2) is 0 Å². The second-order valence-electron chi connectivity index (χ2n) is 3.90. The SMILES string of the molecule is CCCn1ncc(-c2cc(N)nc(N)n2)c1C. The maximum Gasteiger partial charge on any atom is 0.222 e. The molecule has 17 heavy (non-hydrogen) atoms. The molecule has 0 saturated carbocycles. The second-order valence-corrected chi connectivity index (χ2v) is 3.90. The van der Waals surface area contributed by atoms with Gasteiger partial charge in [0.1, 0.15) is 5.82 Å². The predicted octanol–water partition coefficient (Wildman–Crippen LogP) is 1.22. The van der Waals surface area contributed by atoms with E-state index in [0.29, 0.717) is 5.82 Å². The zero-order chi connectivity index (χ0) is 12.4. The van der Waals surface area contributed by atoms with Crippen LogP contribution < -0.4 is 11.5 Å². The summed E-state index contributed by atoms with van der Waals surface area (Å²) in [7, 11) is 0. The van der Waals surface area contributed by atoms with Crippen molar-refractivity contribution in [2.45, 2.75) is 26.8 Å². The number of anilines is 2. The summed E-state index contributed by atoms with van der Waals surface area (Å²) in [6.45, 7) is 5.01. The minimum atomic E-state index is 0.183. The molecule has 0 atom stereocenters. The van der Waals surface area contributed by atoms with Crippen LogP contribution in [-0.4, -0.2) is 19.7 Å². The van der Waals surface area contributed by atoms with E-state index in [4.69, 9.17) is 11.5 Å². The van der Waals surface area contributed by atoms with E-state index in [1.807, 2.05) is 11.6 Å². The number of rotatable bonds is 3. The Morgan fingerprint density at radius 2 is 2.06 bits per heavy atom. The standard InChI is InChI=1S/C11H16N6/c1-3-4-17-7(2)8(6-14-17)9-5-10(12)16-11(13)15-9/h5-6H,3-4H2,1-2H3,(H4,12,13,15,16). The third kappa shape index (κ3) is 2.20. The van der Waals surface area contributed by atoms with E-state index < -0.39 is 0 Å². The van der Waals surface area contributed by atoms with Gasteiger partial charge in [-0.05, 0) is 13.3 Å². The van der Waals surface area contributed by atoms with Crippen LogP contribution in [0.3, 0.4) is 0 Å². The van der Waals surface area contributed by atoms with Gasteiger partial charge in [-0.1, -0.05) is 6.92 Å². The Bertz CT molecular complexity index is 511. The zero-order valence-corrected chi connectivity index (χ0v) is 10.0. The lowest BCUT2D eigenvalue weighted by atomic mass is 10.2. The van der Waals surface area contributed by atoms with Gasteiger partial charge in [0.2, 0.25) is 5.95 Å². The summed E-state index contributed by atoms with van der Waals surface area (Å²) in [4.78, 5) is 8.02. The van der Waals surface area contributed by atoms with Gasteiger partial charge >= 0.3 is 0 Å². The number of aromatic nitrogens is 4. The van der Waals surface area contributed by atoms with E-state index in [9.17, 15) is 0 Å². The Hall–Kier alpha value is -2.11. The lowest BCUT2D eigenvalue weighted by molar-refractivity contribution is 0.587. The summed E-state index contributed by atoms with van der Waals surface area (Å²) in [6.07, 6.45) is 2.82. The quantitative estimate of drug-likeness (QED) is 0.829. The highest BCUT2D eigenvalue weighted by atomic mass is 15.3. The van der Waals surface area contributed by atoms with Crippen molar-refractivity contribution in [3.05, 3.63) is 18.0 Å². The Balaban J connectivity index is 2.45. The highest BCUT2D eigenvalue weighted by Gasteiger charge is 2.10. The van der Waals surface area contributed by atoms with Crippen LogP contribution in [0.15, 0.2) is 12.3 Å². The van der Waals surface area contributed by atoms with E-state index in [2.05, 4.69) is 22.0 Å². The Labute approximate surface area is 99.7 Å². The van der Waals surface area contributed by atoms with Crippen molar-refractivity contribution in [3.63, 3.8) is 0 Å². The summed E-state index contributed by atoms with van der Waals surface area (Å²) in [5.41, 5.74) is 14.0. The molecule has 2 aromatic heterocycles. The number of nitrogens with zero attached hydrogens (tertiary/aromatic N) is 4. The van der Waals surface area contributed by atoms with Gasteiger partial charge in [-0.25, -0.2) is 4.98 Å². The minimum Gasteiger partial charge on any atom is -0.384 e. The lowest BCUT2D eigenvalue weighted by Crippen LogP contribution is -2.02. The van der Waals surface area contributed by atoms with Crippen molar-refractivity contribution < 1.29 is 0 Å². The first-order valence-corrected chi connectivity index (χ1v) is 5.54. The van der Waals surface area contributed by atoms with Gasteiger partial charge in [0.05, 0.1) is 11.9 Å². The van der Waals surface area contributed by atoms with Crippen molar-refractivity contribution in [2.24, 2.45) is 0 Å². The molecule has 0 aromatic carbocycles. The molecular formula is C11H16N6. The molecule has 2 aromatic rings. The van der Waals surface area contributed by atoms with Crippen LogP contribution in [0.4, 0.5) is 11.8 Å². The van der Waals surface area contributed by atoms with E-state index in [-0.39, 0.29) is 5.95 Å². The van der Waals surface area contributed by atoms with E-state index in [1.54, 1.807) is 12.3 Å². The Morgan fingerprint density at radius 1 is 1.29 bits per heavy atom. The second kappa shape index (κ2) is 4.40. The number of nitrogens with two attached hydrogens (primary N) is 2. The van der Waals surface area contributed by atoms with Crippen molar-refractivity contribution in [3.8, 4) is 11.3 Å². The molecule has 0 aliphatic heterocycles. The Morgan fingerprint density at radius 3 is 2.71 bits per heavy atom. The van der Waals surface area contributed by atoms with Crippen molar-refractivity contribution >= 4 is 11.8 Å². The van der Waals surface area contributed by atoms with Crippen LogP contribution in [0.1, 0.15) is 19.0 Å². The zero-order valence-electron chi connectivity index (χ0n) is 10.0. The first-order valence-electron chi connectivity index (χ1n) is 5.54. The summed E-state index contributed by atoms with van der Waals surface area (Å²) in [5.74, 6) is 0.554. The third-order valence-corrected chi connectivity index (χ3v) is 2.58. The molecule has 0 unspecified atom stereocenters. The van der Waals surface area contributed by atoms with Crippen LogP contribution in [0.25, 0.3) is 11.3 Å². The minimum absolute atomic E-state index is 0.183. The average Bonchev–Trinajstić information content (AvgIpc) is 2.60. The van der Waals surface area contributed by atoms with Crippen LogP contribution in [-0.2, 0) is 6.54 Å². The monoisotopic (exact) mass is 232 g/mol. The van der Waals surface area contributed by atoms with Crippen molar-refractivity contribution in [2.75, 3.05) is 11.5 Å². The highest BCUT2D eigenvalue weighted by molar-refractivity contribution is 5.64. The van der Waals surface area contributed by atoms with Gasteiger partial charge in [-0.2, -0.15) is 10.1 Å². The molecule has 0 amide bonds. The largest absolute Gasteiger partial charge is 0.384 e.